The van der Waals surface area contributed by atoms with Crippen molar-refractivity contribution in [3.8, 4) is 11.1 Å². The normalized spacial score (nSPS) is 10.3. The lowest BCUT2D eigenvalue weighted by Crippen LogP contribution is -2.02. The van der Waals surface area contributed by atoms with Gasteiger partial charge < -0.3 is 0 Å². The molecule has 6 nitrogen and oxygen atoms in total. The van der Waals surface area contributed by atoms with Crippen molar-refractivity contribution in [2.75, 3.05) is 0 Å². The summed E-state index contributed by atoms with van der Waals surface area (Å²) in [5.41, 5.74) is 1.31. The zero-order valence-electron chi connectivity index (χ0n) is 11.0. The van der Waals surface area contributed by atoms with Crippen molar-refractivity contribution < 1.29 is 9.85 Å². The van der Waals surface area contributed by atoms with Crippen LogP contribution in [0, 0.1) is 34.1 Å². The zero-order chi connectivity index (χ0) is 14.9. The van der Waals surface area contributed by atoms with Crippen molar-refractivity contribution in [1.29, 1.82) is 0 Å². The van der Waals surface area contributed by atoms with Gasteiger partial charge in [0.25, 0.3) is 11.4 Å². The molecular weight excluding hydrogens is 260 g/mol. The van der Waals surface area contributed by atoms with Gasteiger partial charge in [0.05, 0.1) is 9.85 Å². The molecule has 0 heterocycles. The Kier molecular flexibility index (Phi) is 3.47. The maximum atomic E-state index is 11.2. The minimum atomic E-state index is -0.589. The molecule has 0 fully saturated rings. The molecule has 0 aliphatic carbocycles. The topological polar surface area (TPSA) is 86.3 Å². The number of benzene rings is 2. The molecule has 6 heteroatoms. The quantitative estimate of drug-likeness (QED) is 0.628. The number of hydrogen-bond donors (Lipinski definition) is 0. The SMILES string of the molecule is Cc1c(-c2ccccc2)cc([N+](=O)[O-])c(C)c1[N+](=O)[O-]. The second-order valence-electron chi connectivity index (χ2n) is 4.42. The van der Waals surface area contributed by atoms with E-state index in [1.165, 1.54) is 13.0 Å². The Hall–Kier alpha value is -2.76. The summed E-state index contributed by atoms with van der Waals surface area (Å²) in [6, 6.07) is 10.3. The summed E-state index contributed by atoms with van der Waals surface area (Å²) < 4.78 is 0. The van der Waals surface area contributed by atoms with E-state index in [0.717, 1.165) is 5.56 Å². The highest BCUT2D eigenvalue weighted by atomic mass is 16.6. The molecule has 102 valence electrons. The van der Waals surface area contributed by atoms with Crippen molar-refractivity contribution in [3.05, 3.63) is 67.8 Å². The lowest BCUT2D eigenvalue weighted by atomic mass is 9.95. The third kappa shape index (κ3) is 2.23. The summed E-state index contributed by atoms with van der Waals surface area (Å²) in [6.45, 7) is 3.01. The fraction of sp³-hybridized carbons (Fsp3) is 0.143. The molecule has 0 aliphatic rings. The summed E-state index contributed by atoms with van der Waals surface area (Å²) in [4.78, 5) is 21.1. The van der Waals surface area contributed by atoms with Gasteiger partial charge in [-0.25, -0.2) is 0 Å². The molecule has 0 N–H and O–H groups in total. The predicted molar refractivity (Wildman–Crippen MR) is 74.7 cm³/mol. The molecule has 0 aliphatic heterocycles. The van der Waals surface area contributed by atoms with Gasteiger partial charge in [-0.05, 0) is 25.0 Å². The van der Waals surface area contributed by atoms with E-state index in [0.29, 0.717) is 11.1 Å². The average molecular weight is 272 g/mol. The van der Waals surface area contributed by atoms with E-state index in [1.807, 2.05) is 6.07 Å². The van der Waals surface area contributed by atoms with Crippen LogP contribution >= 0.6 is 0 Å². The van der Waals surface area contributed by atoms with Gasteiger partial charge in [-0.2, -0.15) is 0 Å². The van der Waals surface area contributed by atoms with E-state index in [2.05, 4.69) is 0 Å². The van der Waals surface area contributed by atoms with E-state index in [9.17, 15) is 20.2 Å². The van der Waals surface area contributed by atoms with E-state index >= 15 is 0 Å². The van der Waals surface area contributed by atoms with Gasteiger partial charge in [-0.1, -0.05) is 30.3 Å². The van der Waals surface area contributed by atoms with Crippen LogP contribution in [-0.2, 0) is 0 Å². The van der Waals surface area contributed by atoms with Crippen LogP contribution in [0.1, 0.15) is 11.1 Å². The maximum absolute atomic E-state index is 11.2. The lowest BCUT2D eigenvalue weighted by Gasteiger charge is -2.09. The first-order valence-corrected chi connectivity index (χ1v) is 5.92. The molecule has 0 amide bonds. The van der Waals surface area contributed by atoms with Crippen LogP contribution in [0.3, 0.4) is 0 Å². The fourth-order valence-corrected chi connectivity index (χ4v) is 2.26. The van der Waals surface area contributed by atoms with Gasteiger partial charge in [0.2, 0.25) is 0 Å². The molecule has 2 aromatic rings. The molecule has 2 aromatic carbocycles. The molecule has 0 saturated carbocycles. The molecule has 0 atom stereocenters. The molecule has 0 aromatic heterocycles. The third-order valence-corrected chi connectivity index (χ3v) is 3.24. The molecular formula is C14H12N2O4. The van der Waals surface area contributed by atoms with Crippen molar-refractivity contribution in [2.45, 2.75) is 13.8 Å². The van der Waals surface area contributed by atoms with Crippen molar-refractivity contribution >= 4 is 11.4 Å². The molecule has 2 rings (SSSR count). The van der Waals surface area contributed by atoms with Gasteiger partial charge in [-0.15, -0.1) is 0 Å². The Morgan fingerprint density at radius 1 is 0.900 bits per heavy atom. The van der Waals surface area contributed by atoms with Gasteiger partial charge in [0.1, 0.15) is 5.56 Å². The maximum Gasteiger partial charge on any atom is 0.282 e. The van der Waals surface area contributed by atoms with Crippen LogP contribution in [-0.4, -0.2) is 9.85 Å². The van der Waals surface area contributed by atoms with Crippen LogP contribution in [0.15, 0.2) is 36.4 Å². The highest BCUT2D eigenvalue weighted by Gasteiger charge is 2.27. The first-order valence-electron chi connectivity index (χ1n) is 5.92. The van der Waals surface area contributed by atoms with Gasteiger partial charge >= 0.3 is 0 Å². The van der Waals surface area contributed by atoms with E-state index in [1.54, 1.807) is 31.2 Å². The summed E-state index contributed by atoms with van der Waals surface area (Å²) in [5, 5.41) is 22.3. The largest absolute Gasteiger partial charge is 0.282 e. The highest BCUT2D eigenvalue weighted by Crippen LogP contribution is 2.38. The number of rotatable bonds is 3. The summed E-state index contributed by atoms with van der Waals surface area (Å²) >= 11 is 0. The minimum Gasteiger partial charge on any atom is -0.258 e. The number of nitrogens with zero attached hydrogens (tertiary/aromatic N) is 2. The molecule has 0 spiro atoms. The fourth-order valence-electron chi connectivity index (χ4n) is 2.26. The van der Waals surface area contributed by atoms with Crippen LogP contribution < -0.4 is 0 Å². The zero-order valence-corrected chi connectivity index (χ0v) is 11.0. The third-order valence-electron chi connectivity index (χ3n) is 3.24. The van der Waals surface area contributed by atoms with Crippen molar-refractivity contribution in [2.24, 2.45) is 0 Å². The second kappa shape index (κ2) is 5.08. The Bertz CT molecular complexity index is 696. The Morgan fingerprint density at radius 3 is 2.00 bits per heavy atom. The monoisotopic (exact) mass is 272 g/mol. The number of nitro benzene ring substituents is 2. The van der Waals surface area contributed by atoms with Crippen LogP contribution in [0.4, 0.5) is 11.4 Å². The minimum absolute atomic E-state index is 0.0807. The summed E-state index contributed by atoms with van der Waals surface area (Å²) in [6.07, 6.45) is 0. The smallest absolute Gasteiger partial charge is 0.258 e. The Labute approximate surface area is 115 Å². The summed E-state index contributed by atoms with van der Waals surface area (Å²) in [7, 11) is 0. The molecule has 0 radical (unpaired) electrons. The lowest BCUT2D eigenvalue weighted by molar-refractivity contribution is -0.395. The predicted octanol–water partition coefficient (Wildman–Crippen LogP) is 3.79. The van der Waals surface area contributed by atoms with Crippen LogP contribution in [0.25, 0.3) is 11.1 Å². The van der Waals surface area contributed by atoms with Gasteiger partial charge in [0, 0.05) is 11.6 Å². The van der Waals surface area contributed by atoms with Crippen molar-refractivity contribution in [3.63, 3.8) is 0 Å². The number of nitro groups is 2. The standard InChI is InChI=1S/C14H12N2O4/c1-9-12(11-6-4-3-5-7-11)8-13(15(17)18)10(2)14(9)16(19)20/h3-8H,1-2H3. The van der Waals surface area contributed by atoms with Crippen LogP contribution in [0.5, 0.6) is 0 Å². The number of hydrogen-bond acceptors (Lipinski definition) is 4. The first-order chi connectivity index (χ1) is 9.43. The second-order valence-corrected chi connectivity index (χ2v) is 4.42. The Morgan fingerprint density at radius 2 is 1.50 bits per heavy atom. The summed E-state index contributed by atoms with van der Waals surface area (Å²) in [5.74, 6) is 0. The van der Waals surface area contributed by atoms with E-state index in [4.69, 9.17) is 0 Å². The molecule has 0 bridgehead atoms. The molecule has 0 unspecified atom stereocenters. The van der Waals surface area contributed by atoms with Crippen molar-refractivity contribution in [1.82, 2.24) is 0 Å². The molecule has 0 saturated heterocycles. The van der Waals surface area contributed by atoms with Crippen LogP contribution in [0.2, 0.25) is 0 Å². The Balaban J connectivity index is 2.83. The average Bonchev–Trinajstić information content (AvgIpc) is 2.39. The van der Waals surface area contributed by atoms with E-state index < -0.39 is 9.85 Å². The van der Waals surface area contributed by atoms with Gasteiger partial charge in [0.15, 0.2) is 0 Å². The van der Waals surface area contributed by atoms with Gasteiger partial charge in [-0.3, -0.25) is 20.2 Å². The first kappa shape index (κ1) is 13.7. The molecule has 20 heavy (non-hydrogen) atoms. The van der Waals surface area contributed by atoms with E-state index in [-0.39, 0.29) is 16.9 Å². The highest BCUT2D eigenvalue weighted by molar-refractivity contribution is 5.76.